The number of ether oxygens (including phenoxy) is 3. The van der Waals surface area contributed by atoms with Crippen molar-refractivity contribution in [2.45, 2.75) is 36.8 Å². The number of allylic oxidation sites excluding steroid dienone is 1. The molecule has 4 aliphatic rings. The number of likely N-dealkylation sites (tertiary alicyclic amines) is 1. The Balaban J connectivity index is 1.46. The van der Waals surface area contributed by atoms with Gasteiger partial charge in [0.1, 0.15) is 5.76 Å². The first kappa shape index (κ1) is 18.0. The molecule has 0 aromatic heterocycles. The average Bonchev–Trinajstić information content (AvgIpc) is 3.13. The van der Waals surface area contributed by atoms with Crippen molar-refractivity contribution in [2.75, 3.05) is 20.7 Å². The van der Waals surface area contributed by atoms with E-state index >= 15 is 0 Å². The maximum atomic E-state index is 12.8. The molecule has 0 N–H and O–H groups in total. The second-order valence-electron chi connectivity index (χ2n) is 8.88. The number of likely N-dealkylation sites (N-methyl/N-ethyl adjacent to an activating group) is 1. The Bertz CT molecular complexity index is 1060. The van der Waals surface area contributed by atoms with Gasteiger partial charge in [0, 0.05) is 17.0 Å². The summed E-state index contributed by atoms with van der Waals surface area (Å²) in [5, 5.41) is 0. The van der Waals surface area contributed by atoms with Crippen LogP contribution >= 0.6 is 0 Å². The van der Waals surface area contributed by atoms with Gasteiger partial charge in [-0.25, -0.2) is 4.79 Å². The molecule has 2 heterocycles. The van der Waals surface area contributed by atoms with Crippen molar-refractivity contribution < 1.29 is 19.0 Å². The van der Waals surface area contributed by atoms with E-state index in [9.17, 15) is 4.79 Å². The van der Waals surface area contributed by atoms with E-state index in [1.807, 2.05) is 24.3 Å². The number of rotatable bonds is 3. The zero-order chi connectivity index (χ0) is 20.5. The van der Waals surface area contributed by atoms with Gasteiger partial charge in [0.15, 0.2) is 17.6 Å². The van der Waals surface area contributed by atoms with Crippen LogP contribution in [0.2, 0.25) is 0 Å². The molecule has 30 heavy (non-hydrogen) atoms. The van der Waals surface area contributed by atoms with Crippen LogP contribution in [0, 0.1) is 5.92 Å². The van der Waals surface area contributed by atoms with Crippen LogP contribution in [-0.2, 0) is 16.6 Å². The van der Waals surface area contributed by atoms with Crippen molar-refractivity contribution in [2.24, 2.45) is 5.92 Å². The second-order valence-corrected chi connectivity index (χ2v) is 8.88. The standard InChI is InChI=1S/C25H25NO4/c1-26-13-12-25-17-9-11-20(29-24(27)15-6-4-3-5-7-15)23(25)30-22-19(28-2)10-8-16(21(22)25)14-18(17)26/h3-8,10-11,17-18,23H,9,12-14H2,1-2H3. The molecule has 4 atom stereocenters. The minimum Gasteiger partial charge on any atom is -0.493 e. The zero-order valence-electron chi connectivity index (χ0n) is 17.3. The Labute approximate surface area is 176 Å². The van der Waals surface area contributed by atoms with Gasteiger partial charge in [-0.1, -0.05) is 24.3 Å². The highest BCUT2D eigenvalue weighted by molar-refractivity contribution is 5.90. The number of hydrogen-bond acceptors (Lipinski definition) is 5. The van der Waals surface area contributed by atoms with Crippen molar-refractivity contribution in [1.29, 1.82) is 0 Å². The number of nitrogens with zero attached hydrogens (tertiary/aromatic N) is 1. The van der Waals surface area contributed by atoms with E-state index in [-0.39, 0.29) is 17.5 Å². The first-order valence-electron chi connectivity index (χ1n) is 10.7. The van der Waals surface area contributed by atoms with E-state index in [0.717, 1.165) is 37.3 Å². The quantitative estimate of drug-likeness (QED) is 0.731. The summed E-state index contributed by atoms with van der Waals surface area (Å²) >= 11 is 0. The highest BCUT2D eigenvalue weighted by Crippen LogP contribution is 2.63. The van der Waals surface area contributed by atoms with Crippen LogP contribution in [0.3, 0.4) is 0 Å². The molecule has 6 rings (SSSR count). The summed E-state index contributed by atoms with van der Waals surface area (Å²) in [6, 6.07) is 13.8. The lowest BCUT2D eigenvalue weighted by Gasteiger charge is -2.56. The Morgan fingerprint density at radius 3 is 2.83 bits per heavy atom. The number of hydrogen-bond donors (Lipinski definition) is 0. The maximum Gasteiger partial charge on any atom is 0.343 e. The molecule has 0 amide bonds. The SMILES string of the molecule is COc1ccc2c3c1OC1C(OC(=O)c4ccccc4)=CCC4C(C2)N(C)CCC314. The Morgan fingerprint density at radius 2 is 2.03 bits per heavy atom. The lowest BCUT2D eigenvalue weighted by atomic mass is 9.53. The van der Waals surface area contributed by atoms with Crippen molar-refractivity contribution in [3.8, 4) is 11.5 Å². The maximum absolute atomic E-state index is 12.8. The normalized spacial score (nSPS) is 30.7. The van der Waals surface area contributed by atoms with E-state index in [2.05, 4.69) is 24.1 Å². The summed E-state index contributed by atoms with van der Waals surface area (Å²) in [7, 11) is 3.91. The van der Waals surface area contributed by atoms with Crippen molar-refractivity contribution in [1.82, 2.24) is 4.90 Å². The molecule has 2 aliphatic carbocycles. The number of benzene rings is 2. The van der Waals surface area contributed by atoms with Gasteiger partial charge in [0.05, 0.1) is 12.7 Å². The summed E-state index contributed by atoms with van der Waals surface area (Å²) in [6.45, 7) is 1.01. The third kappa shape index (κ3) is 2.24. The molecule has 0 radical (unpaired) electrons. The molecule has 5 nitrogen and oxygen atoms in total. The molecule has 2 aromatic carbocycles. The lowest BCUT2D eigenvalue weighted by molar-refractivity contribution is -0.0272. The largest absolute Gasteiger partial charge is 0.493 e. The molecule has 1 spiro atoms. The summed E-state index contributed by atoms with van der Waals surface area (Å²) in [5.41, 5.74) is 3.03. The van der Waals surface area contributed by atoms with Gasteiger partial charge in [0.25, 0.3) is 0 Å². The monoisotopic (exact) mass is 403 g/mol. The van der Waals surface area contributed by atoms with Crippen LogP contribution in [0.1, 0.15) is 34.3 Å². The van der Waals surface area contributed by atoms with E-state index in [1.165, 1.54) is 11.1 Å². The fourth-order valence-corrected chi connectivity index (χ4v) is 6.30. The zero-order valence-corrected chi connectivity index (χ0v) is 17.3. The fourth-order valence-electron chi connectivity index (χ4n) is 6.30. The minimum absolute atomic E-state index is 0.157. The minimum atomic E-state index is -0.330. The lowest BCUT2D eigenvalue weighted by Crippen LogP contribution is -2.63. The van der Waals surface area contributed by atoms with Gasteiger partial charge in [-0.3, -0.25) is 0 Å². The smallest absolute Gasteiger partial charge is 0.343 e. The highest BCUT2D eigenvalue weighted by atomic mass is 16.6. The molecule has 1 saturated heterocycles. The molecular weight excluding hydrogens is 378 g/mol. The molecule has 0 saturated carbocycles. The third-order valence-electron chi connectivity index (χ3n) is 7.65. The predicted octanol–water partition coefficient (Wildman–Crippen LogP) is 3.72. The summed E-state index contributed by atoms with van der Waals surface area (Å²) in [6.07, 6.45) is 4.71. The van der Waals surface area contributed by atoms with Gasteiger partial charge >= 0.3 is 5.97 Å². The molecule has 2 aliphatic heterocycles. The fraction of sp³-hybridized carbons (Fsp3) is 0.400. The average molecular weight is 403 g/mol. The van der Waals surface area contributed by atoms with Crippen molar-refractivity contribution in [3.05, 3.63) is 71.0 Å². The van der Waals surface area contributed by atoms with Crippen molar-refractivity contribution in [3.63, 3.8) is 0 Å². The molecule has 1 fully saturated rings. The Morgan fingerprint density at radius 1 is 1.20 bits per heavy atom. The van der Waals surface area contributed by atoms with Crippen LogP contribution in [0.15, 0.2) is 54.3 Å². The van der Waals surface area contributed by atoms with Crippen LogP contribution < -0.4 is 9.47 Å². The molecule has 5 heteroatoms. The van der Waals surface area contributed by atoms with E-state index in [1.54, 1.807) is 19.2 Å². The Hall–Kier alpha value is -2.79. The molecule has 2 bridgehead atoms. The highest BCUT2D eigenvalue weighted by Gasteiger charge is 2.64. The first-order chi connectivity index (χ1) is 14.6. The van der Waals surface area contributed by atoms with Gasteiger partial charge in [-0.15, -0.1) is 0 Å². The second kappa shape index (κ2) is 6.35. The summed E-state index contributed by atoms with van der Waals surface area (Å²) < 4.78 is 18.2. The van der Waals surface area contributed by atoms with Gasteiger partial charge in [0.2, 0.25) is 0 Å². The van der Waals surface area contributed by atoms with E-state index in [0.29, 0.717) is 23.3 Å². The Kier molecular flexibility index (Phi) is 3.81. The van der Waals surface area contributed by atoms with Crippen LogP contribution in [0.5, 0.6) is 11.5 Å². The summed E-state index contributed by atoms with van der Waals surface area (Å²) in [5.74, 6) is 2.37. The van der Waals surface area contributed by atoms with E-state index < -0.39 is 0 Å². The van der Waals surface area contributed by atoms with E-state index in [4.69, 9.17) is 14.2 Å². The number of carbonyl (C=O) groups excluding carboxylic acids is 1. The van der Waals surface area contributed by atoms with Crippen molar-refractivity contribution >= 4 is 5.97 Å². The van der Waals surface area contributed by atoms with Gasteiger partial charge < -0.3 is 19.1 Å². The number of methoxy groups -OCH3 is 1. The summed E-state index contributed by atoms with van der Waals surface area (Å²) in [4.78, 5) is 15.3. The van der Waals surface area contributed by atoms with Gasteiger partial charge in [-0.05, 0) is 68.6 Å². The van der Waals surface area contributed by atoms with Crippen LogP contribution in [0.4, 0.5) is 0 Å². The first-order valence-corrected chi connectivity index (χ1v) is 10.7. The topological polar surface area (TPSA) is 48.0 Å². The van der Waals surface area contributed by atoms with Gasteiger partial charge in [-0.2, -0.15) is 0 Å². The number of piperidine rings is 1. The molecule has 2 aromatic rings. The third-order valence-corrected chi connectivity index (χ3v) is 7.65. The predicted molar refractivity (Wildman–Crippen MR) is 112 cm³/mol. The van der Waals surface area contributed by atoms with Crippen LogP contribution in [-0.4, -0.2) is 43.7 Å². The number of esters is 1. The molecular formula is C25H25NO4. The molecule has 154 valence electrons. The molecule has 4 unspecified atom stereocenters. The number of carbonyl (C=O) groups is 1. The van der Waals surface area contributed by atoms with Crippen LogP contribution in [0.25, 0.3) is 0 Å².